The number of nitrogens with one attached hydrogen (secondary N) is 2. The van der Waals surface area contributed by atoms with Gasteiger partial charge in [0, 0.05) is 24.6 Å². The molecule has 0 aromatic heterocycles. The fraction of sp³-hybridized carbons (Fsp3) is 0.571. The van der Waals surface area contributed by atoms with E-state index in [1.807, 2.05) is 26.8 Å². The van der Waals surface area contributed by atoms with E-state index in [0.29, 0.717) is 29.9 Å². The predicted molar refractivity (Wildman–Crippen MR) is 107 cm³/mol. The van der Waals surface area contributed by atoms with Gasteiger partial charge in [-0.1, -0.05) is 0 Å². The number of halogens is 1. The zero-order chi connectivity index (χ0) is 22.2. The zero-order valence-electron chi connectivity index (χ0n) is 17.8. The monoisotopic (exact) mass is 432 g/mol. The largest absolute Gasteiger partial charge is 0.402 e. The second-order valence-corrected chi connectivity index (χ2v) is 9.08. The molecule has 9 nitrogen and oxygen atoms in total. The maximum atomic E-state index is 15.8. The molecule has 4 aliphatic heterocycles. The van der Waals surface area contributed by atoms with E-state index in [1.165, 1.54) is 0 Å². The SMILES string of the molecule is CC(C)N1Cc2cc3c(c(F)c2O1)N1C[C@@H](C)O[C@@H](C)[C@@H]1C1(C3)C(=O)NC(=O)NC1=O. The molecule has 4 amide bonds. The van der Waals surface area contributed by atoms with Gasteiger partial charge in [0.05, 0.1) is 30.5 Å². The summed E-state index contributed by atoms with van der Waals surface area (Å²) in [5, 5.41) is 6.16. The highest BCUT2D eigenvalue weighted by molar-refractivity contribution is 6.20. The van der Waals surface area contributed by atoms with Crippen molar-refractivity contribution < 1.29 is 28.3 Å². The topological polar surface area (TPSA) is 100 Å². The van der Waals surface area contributed by atoms with Gasteiger partial charge in [0.2, 0.25) is 11.8 Å². The fourth-order valence-corrected chi connectivity index (χ4v) is 5.42. The van der Waals surface area contributed by atoms with Crippen LogP contribution in [-0.2, 0) is 27.3 Å². The number of hydrogen-bond acceptors (Lipinski definition) is 7. The van der Waals surface area contributed by atoms with Gasteiger partial charge in [-0.3, -0.25) is 20.2 Å². The van der Waals surface area contributed by atoms with Crippen LogP contribution < -0.4 is 20.4 Å². The van der Waals surface area contributed by atoms with Crippen LogP contribution in [0.1, 0.15) is 38.8 Å². The average Bonchev–Trinajstić information content (AvgIpc) is 3.10. The van der Waals surface area contributed by atoms with E-state index >= 15 is 4.39 Å². The molecule has 1 aromatic rings. The Balaban J connectivity index is 1.70. The second kappa shape index (κ2) is 6.64. The molecule has 0 saturated carbocycles. The number of morpholine rings is 1. The van der Waals surface area contributed by atoms with E-state index in [4.69, 9.17) is 9.57 Å². The van der Waals surface area contributed by atoms with E-state index in [1.54, 1.807) is 16.9 Å². The minimum atomic E-state index is -1.61. The molecule has 0 unspecified atom stereocenters. The Morgan fingerprint density at radius 1 is 1.16 bits per heavy atom. The highest BCUT2D eigenvalue weighted by Crippen LogP contribution is 2.50. The summed E-state index contributed by atoms with van der Waals surface area (Å²) in [5.74, 6) is -1.69. The molecule has 10 heteroatoms. The van der Waals surface area contributed by atoms with Crippen LogP contribution in [-0.4, -0.2) is 53.7 Å². The fourth-order valence-electron chi connectivity index (χ4n) is 5.42. The summed E-state index contributed by atoms with van der Waals surface area (Å²) < 4.78 is 21.8. The maximum absolute atomic E-state index is 15.8. The van der Waals surface area contributed by atoms with E-state index in [-0.39, 0.29) is 24.3 Å². The Kier molecular flexibility index (Phi) is 4.32. The quantitative estimate of drug-likeness (QED) is 0.644. The molecule has 1 aromatic carbocycles. The van der Waals surface area contributed by atoms with Gasteiger partial charge in [-0.05, 0) is 39.3 Å². The number of imide groups is 2. The van der Waals surface area contributed by atoms with Crippen LogP contribution in [0.2, 0.25) is 0 Å². The minimum absolute atomic E-state index is 0.0393. The molecule has 1 spiro atoms. The number of rotatable bonds is 1. The summed E-state index contributed by atoms with van der Waals surface area (Å²) >= 11 is 0. The summed E-state index contributed by atoms with van der Waals surface area (Å²) in [6, 6.07) is 0.235. The van der Waals surface area contributed by atoms with Gasteiger partial charge >= 0.3 is 6.03 Å². The predicted octanol–water partition coefficient (Wildman–Crippen LogP) is 1.23. The lowest BCUT2D eigenvalue weighted by molar-refractivity contribution is -0.153. The number of carbonyl (C=O) groups excluding carboxylic acids is 3. The molecule has 2 fully saturated rings. The Bertz CT molecular complexity index is 992. The number of carbonyl (C=O) groups is 3. The molecular weight excluding hydrogens is 407 g/mol. The van der Waals surface area contributed by atoms with Crippen molar-refractivity contribution in [1.82, 2.24) is 15.7 Å². The third-order valence-corrected chi connectivity index (χ3v) is 6.67. The first kappa shape index (κ1) is 20.2. The van der Waals surface area contributed by atoms with Gasteiger partial charge in [0.15, 0.2) is 17.0 Å². The Hall–Kier alpha value is -2.72. The molecule has 166 valence electrons. The van der Waals surface area contributed by atoms with Crippen LogP contribution in [0.3, 0.4) is 0 Å². The number of nitrogens with zero attached hydrogens (tertiary/aromatic N) is 2. The van der Waals surface area contributed by atoms with Crippen molar-refractivity contribution >= 4 is 23.5 Å². The van der Waals surface area contributed by atoms with Crippen molar-refractivity contribution in [2.45, 2.75) is 65.0 Å². The molecule has 4 aliphatic rings. The molecule has 0 radical (unpaired) electrons. The van der Waals surface area contributed by atoms with E-state index in [0.717, 1.165) is 0 Å². The highest BCUT2D eigenvalue weighted by Gasteiger charge is 2.63. The molecule has 3 atom stereocenters. The van der Waals surface area contributed by atoms with E-state index in [9.17, 15) is 14.4 Å². The summed E-state index contributed by atoms with van der Waals surface area (Å²) in [6.45, 7) is 8.23. The standard InChI is InChI=1S/C21H25FN4O5/c1-9(2)26-8-13-5-12-6-21(18(27)23-20(29)24-19(21)28)17-11(4)30-10(3)7-25(17)15(12)14(22)16(13)31-26/h5,9-11,17H,6-8H2,1-4H3,(H2,23,24,27,28,29)/t10-,11+,17-/m1/s1. The number of fused-ring (bicyclic) bond motifs is 5. The van der Waals surface area contributed by atoms with Crippen LogP contribution in [0.4, 0.5) is 14.9 Å². The van der Waals surface area contributed by atoms with Crippen LogP contribution in [0.5, 0.6) is 5.75 Å². The number of benzene rings is 1. The van der Waals surface area contributed by atoms with Crippen molar-refractivity contribution in [3.05, 3.63) is 23.0 Å². The molecule has 31 heavy (non-hydrogen) atoms. The maximum Gasteiger partial charge on any atom is 0.328 e. The van der Waals surface area contributed by atoms with Gasteiger partial charge in [0.25, 0.3) is 0 Å². The average molecular weight is 432 g/mol. The Morgan fingerprint density at radius 2 is 1.84 bits per heavy atom. The summed E-state index contributed by atoms with van der Waals surface area (Å²) in [5.41, 5.74) is -0.0685. The number of amides is 4. The molecule has 4 heterocycles. The van der Waals surface area contributed by atoms with Gasteiger partial charge in [0.1, 0.15) is 0 Å². The molecule has 2 saturated heterocycles. The van der Waals surface area contributed by atoms with Crippen LogP contribution in [0.25, 0.3) is 0 Å². The third-order valence-electron chi connectivity index (χ3n) is 6.67. The first-order chi connectivity index (χ1) is 14.6. The van der Waals surface area contributed by atoms with Crippen molar-refractivity contribution in [3.63, 3.8) is 0 Å². The van der Waals surface area contributed by atoms with Crippen molar-refractivity contribution in [3.8, 4) is 5.75 Å². The lowest BCUT2D eigenvalue weighted by atomic mass is 9.66. The van der Waals surface area contributed by atoms with Crippen LogP contribution in [0, 0.1) is 11.2 Å². The van der Waals surface area contributed by atoms with Gasteiger partial charge in [-0.25, -0.2) is 9.18 Å². The number of ether oxygens (including phenoxy) is 1. The van der Waals surface area contributed by atoms with Gasteiger partial charge < -0.3 is 14.5 Å². The number of barbiturate groups is 1. The molecule has 2 N–H and O–H groups in total. The highest BCUT2D eigenvalue weighted by atomic mass is 19.1. The van der Waals surface area contributed by atoms with Crippen LogP contribution >= 0.6 is 0 Å². The Morgan fingerprint density at radius 3 is 2.48 bits per heavy atom. The van der Waals surface area contributed by atoms with E-state index < -0.39 is 41.2 Å². The van der Waals surface area contributed by atoms with Crippen molar-refractivity contribution in [2.24, 2.45) is 5.41 Å². The smallest absolute Gasteiger partial charge is 0.328 e. The number of anilines is 1. The first-order valence-electron chi connectivity index (χ1n) is 10.5. The number of hydroxylamine groups is 2. The second-order valence-electron chi connectivity index (χ2n) is 9.08. The van der Waals surface area contributed by atoms with Gasteiger partial charge in [-0.15, -0.1) is 5.06 Å². The normalized spacial score (nSPS) is 29.3. The molecule has 0 aliphatic carbocycles. The van der Waals surface area contributed by atoms with Crippen molar-refractivity contribution in [1.29, 1.82) is 0 Å². The summed E-state index contributed by atoms with van der Waals surface area (Å²) in [7, 11) is 0. The van der Waals surface area contributed by atoms with Crippen LogP contribution in [0.15, 0.2) is 6.07 Å². The zero-order valence-corrected chi connectivity index (χ0v) is 17.8. The summed E-state index contributed by atoms with van der Waals surface area (Å²) in [6.07, 6.45) is -0.837. The number of hydrogen-bond donors (Lipinski definition) is 2. The summed E-state index contributed by atoms with van der Waals surface area (Å²) in [4.78, 5) is 45.6. The minimum Gasteiger partial charge on any atom is -0.402 e. The molecule has 0 bridgehead atoms. The third kappa shape index (κ3) is 2.71. The van der Waals surface area contributed by atoms with Gasteiger partial charge in [-0.2, -0.15) is 0 Å². The first-order valence-corrected chi connectivity index (χ1v) is 10.5. The van der Waals surface area contributed by atoms with Crippen molar-refractivity contribution in [2.75, 3.05) is 11.4 Å². The van der Waals surface area contributed by atoms with E-state index in [2.05, 4.69) is 10.6 Å². The molecule has 5 rings (SSSR count). The Labute approximate surface area is 178 Å². The lowest BCUT2D eigenvalue weighted by Gasteiger charge is -2.55. The number of urea groups is 1. The molecular formula is C21H25FN4O5. The lowest BCUT2D eigenvalue weighted by Crippen LogP contribution is -2.75.